The standard InChI is InChI=1S/C19H29N3O4/c1-4-25-16-11-10-14(12-17(16)26-5-2)20-19(24)21-18(23)13-22(3)15-8-6-7-9-15/h10-12,15H,4-9,13H2,1-3H3,(H2,20,21,23,24). The van der Waals surface area contributed by atoms with E-state index in [0.29, 0.717) is 36.4 Å². The van der Waals surface area contributed by atoms with Crippen molar-refractivity contribution in [2.75, 3.05) is 32.1 Å². The monoisotopic (exact) mass is 363 g/mol. The summed E-state index contributed by atoms with van der Waals surface area (Å²) in [6.07, 6.45) is 4.64. The predicted molar refractivity (Wildman–Crippen MR) is 101 cm³/mol. The number of carbonyl (C=O) groups is 2. The maximum atomic E-state index is 12.1. The number of imide groups is 1. The normalized spacial score (nSPS) is 14.3. The van der Waals surface area contributed by atoms with E-state index in [1.165, 1.54) is 12.8 Å². The maximum absolute atomic E-state index is 12.1. The number of nitrogens with zero attached hydrogens (tertiary/aromatic N) is 1. The lowest BCUT2D eigenvalue weighted by atomic mass is 10.2. The summed E-state index contributed by atoms with van der Waals surface area (Å²) in [4.78, 5) is 26.1. The molecule has 0 radical (unpaired) electrons. The minimum atomic E-state index is -0.554. The lowest BCUT2D eigenvalue weighted by Gasteiger charge is -2.23. The third kappa shape index (κ3) is 5.91. The summed E-state index contributed by atoms with van der Waals surface area (Å²) in [5.74, 6) is 0.863. The number of anilines is 1. The number of amides is 3. The summed E-state index contributed by atoms with van der Waals surface area (Å²) in [7, 11) is 1.92. The van der Waals surface area contributed by atoms with Crippen LogP contribution in [-0.2, 0) is 4.79 Å². The quantitative estimate of drug-likeness (QED) is 0.742. The number of urea groups is 1. The molecule has 1 aromatic carbocycles. The van der Waals surface area contributed by atoms with Gasteiger partial charge in [0.25, 0.3) is 0 Å². The van der Waals surface area contributed by atoms with Crippen molar-refractivity contribution in [2.24, 2.45) is 0 Å². The van der Waals surface area contributed by atoms with Gasteiger partial charge in [-0.3, -0.25) is 15.0 Å². The topological polar surface area (TPSA) is 79.9 Å². The second kappa shape index (κ2) is 10.0. The predicted octanol–water partition coefficient (Wildman–Crippen LogP) is 3.01. The fraction of sp³-hybridized carbons (Fsp3) is 0.579. The molecule has 1 aromatic rings. The fourth-order valence-electron chi connectivity index (χ4n) is 3.16. The van der Waals surface area contributed by atoms with E-state index in [1.54, 1.807) is 18.2 Å². The number of hydrogen-bond acceptors (Lipinski definition) is 5. The van der Waals surface area contributed by atoms with Gasteiger partial charge in [0.1, 0.15) is 0 Å². The highest BCUT2D eigenvalue weighted by atomic mass is 16.5. The smallest absolute Gasteiger partial charge is 0.325 e. The number of rotatable bonds is 8. The Morgan fingerprint density at radius 2 is 1.77 bits per heavy atom. The number of hydrogen-bond donors (Lipinski definition) is 2. The molecule has 1 fully saturated rings. The molecule has 7 heteroatoms. The lowest BCUT2D eigenvalue weighted by Crippen LogP contribution is -2.43. The first-order chi connectivity index (χ1) is 12.5. The molecular weight excluding hydrogens is 334 g/mol. The van der Waals surface area contributed by atoms with E-state index in [9.17, 15) is 9.59 Å². The van der Waals surface area contributed by atoms with Gasteiger partial charge >= 0.3 is 6.03 Å². The van der Waals surface area contributed by atoms with Crippen LogP contribution >= 0.6 is 0 Å². The zero-order valence-corrected chi connectivity index (χ0v) is 15.8. The number of benzene rings is 1. The zero-order chi connectivity index (χ0) is 18.9. The molecule has 0 unspecified atom stereocenters. The summed E-state index contributed by atoms with van der Waals surface area (Å²) in [5.41, 5.74) is 0.534. The van der Waals surface area contributed by atoms with Gasteiger partial charge in [-0.1, -0.05) is 12.8 Å². The molecule has 7 nitrogen and oxygen atoms in total. The van der Waals surface area contributed by atoms with Gasteiger partial charge in [0, 0.05) is 17.8 Å². The van der Waals surface area contributed by atoms with Crippen molar-refractivity contribution in [3.8, 4) is 11.5 Å². The van der Waals surface area contributed by atoms with Crippen molar-refractivity contribution in [3.05, 3.63) is 18.2 Å². The summed E-state index contributed by atoms with van der Waals surface area (Å²) in [6.45, 7) is 5.00. The lowest BCUT2D eigenvalue weighted by molar-refractivity contribution is -0.121. The van der Waals surface area contributed by atoms with Crippen LogP contribution in [0.4, 0.5) is 10.5 Å². The number of carbonyl (C=O) groups excluding carboxylic acids is 2. The largest absolute Gasteiger partial charge is 0.490 e. The second-order valence-corrected chi connectivity index (χ2v) is 6.38. The van der Waals surface area contributed by atoms with Gasteiger partial charge in [-0.25, -0.2) is 4.79 Å². The van der Waals surface area contributed by atoms with Gasteiger partial charge in [-0.15, -0.1) is 0 Å². The SMILES string of the molecule is CCOc1ccc(NC(=O)NC(=O)CN(C)C2CCCC2)cc1OCC. The highest BCUT2D eigenvalue weighted by Crippen LogP contribution is 2.30. The molecule has 0 aromatic heterocycles. The molecular formula is C19H29N3O4. The minimum absolute atomic E-state index is 0.214. The summed E-state index contributed by atoms with van der Waals surface area (Å²) < 4.78 is 11.0. The molecule has 26 heavy (non-hydrogen) atoms. The van der Waals surface area contributed by atoms with Gasteiger partial charge < -0.3 is 14.8 Å². The molecule has 0 atom stereocenters. The molecule has 2 rings (SSSR count). The maximum Gasteiger partial charge on any atom is 0.325 e. The van der Waals surface area contributed by atoms with Crippen LogP contribution in [0, 0.1) is 0 Å². The summed E-state index contributed by atoms with van der Waals surface area (Å²) >= 11 is 0. The molecule has 0 spiro atoms. The Morgan fingerprint density at radius 3 is 2.42 bits per heavy atom. The van der Waals surface area contributed by atoms with Crippen molar-refractivity contribution in [1.82, 2.24) is 10.2 Å². The van der Waals surface area contributed by atoms with Crippen molar-refractivity contribution in [1.29, 1.82) is 0 Å². The molecule has 2 N–H and O–H groups in total. The number of ether oxygens (including phenoxy) is 2. The Kier molecular flexibility index (Phi) is 7.72. The first-order valence-corrected chi connectivity index (χ1v) is 9.24. The van der Waals surface area contributed by atoms with Crippen LogP contribution in [0.15, 0.2) is 18.2 Å². The third-order valence-electron chi connectivity index (χ3n) is 4.40. The highest BCUT2D eigenvalue weighted by Gasteiger charge is 2.21. The van der Waals surface area contributed by atoms with Gasteiger partial charge in [0.05, 0.1) is 19.8 Å². The van der Waals surface area contributed by atoms with E-state index < -0.39 is 6.03 Å². The molecule has 0 saturated heterocycles. The van der Waals surface area contributed by atoms with Gasteiger partial charge in [-0.2, -0.15) is 0 Å². The van der Waals surface area contributed by atoms with Crippen LogP contribution < -0.4 is 20.1 Å². The zero-order valence-electron chi connectivity index (χ0n) is 15.8. The van der Waals surface area contributed by atoms with Gasteiger partial charge in [-0.05, 0) is 45.9 Å². The molecule has 0 aliphatic heterocycles. The molecule has 0 heterocycles. The van der Waals surface area contributed by atoms with Crippen LogP contribution in [0.3, 0.4) is 0 Å². The third-order valence-corrected chi connectivity index (χ3v) is 4.40. The van der Waals surface area contributed by atoms with Crippen LogP contribution in [0.25, 0.3) is 0 Å². The van der Waals surface area contributed by atoms with Crippen LogP contribution in [0.5, 0.6) is 11.5 Å². The molecule has 1 aliphatic rings. The number of nitrogens with one attached hydrogen (secondary N) is 2. The van der Waals surface area contributed by atoms with E-state index >= 15 is 0 Å². The molecule has 1 aliphatic carbocycles. The Labute approximate surface area is 155 Å². The van der Waals surface area contributed by atoms with Crippen LogP contribution in [0.1, 0.15) is 39.5 Å². The van der Waals surface area contributed by atoms with Crippen LogP contribution in [-0.4, -0.2) is 49.7 Å². The molecule has 0 bridgehead atoms. The van der Waals surface area contributed by atoms with E-state index in [0.717, 1.165) is 12.8 Å². The Balaban J connectivity index is 1.88. The molecule has 1 saturated carbocycles. The van der Waals surface area contributed by atoms with Crippen LogP contribution in [0.2, 0.25) is 0 Å². The molecule has 3 amide bonds. The minimum Gasteiger partial charge on any atom is -0.490 e. The Hall–Kier alpha value is -2.28. The van der Waals surface area contributed by atoms with E-state index in [4.69, 9.17) is 9.47 Å². The number of likely N-dealkylation sites (N-methyl/N-ethyl adjacent to an activating group) is 1. The Bertz CT molecular complexity index is 615. The highest BCUT2D eigenvalue weighted by molar-refractivity contribution is 6.01. The van der Waals surface area contributed by atoms with Crippen molar-refractivity contribution in [2.45, 2.75) is 45.6 Å². The van der Waals surface area contributed by atoms with Gasteiger partial charge in [0.2, 0.25) is 5.91 Å². The fourth-order valence-corrected chi connectivity index (χ4v) is 3.16. The first-order valence-electron chi connectivity index (χ1n) is 9.24. The second-order valence-electron chi connectivity index (χ2n) is 6.38. The average molecular weight is 363 g/mol. The van der Waals surface area contributed by atoms with Crippen molar-refractivity contribution < 1.29 is 19.1 Å². The average Bonchev–Trinajstić information content (AvgIpc) is 3.12. The van der Waals surface area contributed by atoms with E-state index in [1.807, 2.05) is 25.8 Å². The summed E-state index contributed by atoms with van der Waals surface area (Å²) in [6, 6.07) is 5.01. The van der Waals surface area contributed by atoms with Crippen molar-refractivity contribution >= 4 is 17.6 Å². The van der Waals surface area contributed by atoms with Crippen molar-refractivity contribution in [3.63, 3.8) is 0 Å². The first kappa shape index (κ1) is 20.0. The van der Waals surface area contributed by atoms with E-state index in [2.05, 4.69) is 10.6 Å². The van der Waals surface area contributed by atoms with E-state index in [-0.39, 0.29) is 12.5 Å². The molecule has 144 valence electrons. The Morgan fingerprint density at radius 1 is 1.12 bits per heavy atom. The summed E-state index contributed by atoms with van der Waals surface area (Å²) in [5, 5.41) is 5.03. The van der Waals surface area contributed by atoms with Gasteiger partial charge in [0.15, 0.2) is 11.5 Å².